The highest BCUT2D eigenvalue weighted by Crippen LogP contribution is 2.32. The number of halogens is 1. The highest BCUT2D eigenvalue weighted by Gasteiger charge is 2.21. The lowest BCUT2D eigenvalue weighted by molar-refractivity contribution is 0.0719. The van der Waals surface area contributed by atoms with Crippen molar-refractivity contribution in [3.05, 3.63) is 23.8 Å². The molecule has 4 nitrogen and oxygen atoms in total. The van der Waals surface area contributed by atoms with Crippen LogP contribution < -0.4 is 9.47 Å². The molecule has 1 aromatic rings. The molecule has 18 heavy (non-hydrogen) atoms. The van der Waals surface area contributed by atoms with Crippen molar-refractivity contribution in [2.45, 2.75) is 19.9 Å². The zero-order valence-corrected chi connectivity index (χ0v) is 12.1. The summed E-state index contributed by atoms with van der Waals surface area (Å²) in [4.78, 5) is 14.2. The number of hydrogen-bond donors (Lipinski definition) is 0. The third-order valence-corrected chi connectivity index (χ3v) is 3.18. The van der Waals surface area contributed by atoms with Crippen molar-refractivity contribution in [3.8, 4) is 11.5 Å². The molecular weight excluding hydrogens is 298 g/mol. The second-order valence-corrected chi connectivity index (χ2v) is 5.14. The first-order valence-electron chi connectivity index (χ1n) is 5.90. The Morgan fingerprint density at radius 3 is 2.78 bits per heavy atom. The lowest BCUT2D eigenvalue weighted by Gasteiger charge is -2.26. The topological polar surface area (TPSA) is 38.8 Å². The maximum Gasteiger partial charge on any atom is 0.254 e. The van der Waals surface area contributed by atoms with Crippen LogP contribution in [0.25, 0.3) is 0 Å². The van der Waals surface area contributed by atoms with Crippen LogP contribution in [0.15, 0.2) is 18.2 Å². The first kappa shape index (κ1) is 13.2. The van der Waals surface area contributed by atoms with E-state index in [1.54, 1.807) is 18.2 Å². The van der Waals surface area contributed by atoms with Crippen LogP contribution in [0, 0.1) is 0 Å². The van der Waals surface area contributed by atoms with Crippen molar-refractivity contribution in [3.63, 3.8) is 0 Å². The maximum atomic E-state index is 12.4. The van der Waals surface area contributed by atoms with Crippen molar-refractivity contribution in [1.82, 2.24) is 4.90 Å². The van der Waals surface area contributed by atoms with Crippen LogP contribution in [-0.4, -0.2) is 35.5 Å². The van der Waals surface area contributed by atoms with Crippen molar-refractivity contribution in [1.29, 1.82) is 0 Å². The van der Waals surface area contributed by atoms with Crippen molar-refractivity contribution in [2.24, 2.45) is 0 Å². The van der Waals surface area contributed by atoms with Gasteiger partial charge in [-0.05, 0) is 32.0 Å². The fourth-order valence-corrected chi connectivity index (χ4v) is 2.26. The average Bonchev–Trinajstić information content (AvgIpc) is 2.81. The van der Waals surface area contributed by atoms with Crippen molar-refractivity contribution in [2.75, 3.05) is 18.7 Å². The third kappa shape index (κ3) is 2.61. The normalized spacial score (nSPS) is 12.9. The van der Waals surface area contributed by atoms with Gasteiger partial charge < -0.3 is 14.4 Å². The van der Waals surface area contributed by atoms with Crippen LogP contribution in [0.5, 0.6) is 11.5 Å². The van der Waals surface area contributed by atoms with E-state index in [-0.39, 0.29) is 18.7 Å². The zero-order valence-electron chi connectivity index (χ0n) is 10.5. The highest BCUT2D eigenvalue weighted by molar-refractivity contribution is 9.09. The number of benzene rings is 1. The van der Waals surface area contributed by atoms with Crippen LogP contribution in [0.1, 0.15) is 24.2 Å². The predicted octanol–water partition coefficient (Wildman–Crippen LogP) is 2.66. The quantitative estimate of drug-likeness (QED) is 0.802. The van der Waals surface area contributed by atoms with Crippen molar-refractivity contribution >= 4 is 21.8 Å². The maximum absolute atomic E-state index is 12.4. The number of amides is 1. The second-order valence-electron chi connectivity index (χ2n) is 4.35. The minimum atomic E-state index is 0.0164. The Bertz CT molecular complexity index is 448. The molecule has 0 aromatic heterocycles. The molecule has 0 aliphatic carbocycles. The third-order valence-electron chi connectivity index (χ3n) is 2.83. The van der Waals surface area contributed by atoms with Gasteiger partial charge >= 0.3 is 0 Å². The molecule has 0 spiro atoms. The summed E-state index contributed by atoms with van der Waals surface area (Å²) in [6.45, 7) is 4.92. The molecule has 0 atom stereocenters. The van der Waals surface area contributed by atoms with Crippen LogP contribution in [0.2, 0.25) is 0 Å². The smallest absolute Gasteiger partial charge is 0.254 e. The largest absolute Gasteiger partial charge is 0.454 e. The number of rotatable bonds is 4. The Kier molecular flexibility index (Phi) is 4.11. The molecule has 0 saturated heterocycles. The number of carbonyl (C=O) groups excluding carboxylic acids is 1. The summed E-state index contributed by atoms with van der Waals surface area (Å²) < 4.78 is 10.5. The van der Waals surface area contributed by atoms with Gasteiger partial charge in [-0.1, -0.05) is 15.9 Å². The van der Waals surface area contributed by atoms with Gasteiger partial charge in [0.25, 0.3) is 5.91 Å². The molecule has 1 aromatic carbocycles. The molecule has 5 heteroatoms. The Hall–Kier alpha value is -1.23. The zero-order chi connectivity index (χ0) is 13.1. The van der Waals surface area contributed by atoms with Gasteiger partial charge in [-0.25, -0.2) is 0 Å². The van der Waals surface area contributed by atoms with Gasteiger partial charge in [-0.3, -0.25) is 4.79 Å². The molecule has 98 valence electrons. The van der Waals surface area contributed by atoms with Gasteiger partial charge in [-0.15, -0.1) is 0 Å². The van der Waals surface area contributed by atoms with E-state index in [9.17, 15) is 4.79 Å². The van der Waals surface area contributed by atoms with Crippen LogP contribution in [0.3, 0.4) is 0 Å². The predicted molar refractivity (Wildman–Crippen MR) is 72.5 cm³/mol. The Morgan fingerprint density at radius 2 is 2.11 bits per heavy atom. The molecule has 0 unspecified atom stereocenters. The van der Waals surface area contributed by atoms with E-state index in [2.05, 4.69) is 15.9 Å². The first-order chi connectivity index (χ1) is 8.63. The SMILES string of the molecule is CC(C)N(CCBr)C(=O)c1ccc2c(c1)OCO2. The minimum absolute atomic E-state index is 0.0164. The molecule has 0 saturated carbocycles. The molecule has 0 bridgehead atoms. The van der Waals surface area contributed by atoms with Crippen LogP contribution in [-0.2, 0) is 0 Å². The van der Waals surface area contributed by atoms with Gasteiger partial charge in [0.05, 0.1) is 0 Å². The summed E-state index contributed by atoms with van der Waals surface area (Å²) in [6, 6.07) is 5.47. The Labute approximate surface area is 115 Å². The van der Waals surface area contributed by atoms with E-state index >= 15 is 0 Å². The van der Waals surface area contributed by atoms with E-state index < -0.39 is 0 Å². The van der Waals surface area contributed by atoms with Crippen LogP contribution in [0.4, 0.5) is 0 Å². The molecule has 1 aliphatic rings. The van der Waals surface area contributed by atoms with Gasteiger partial charge in [0.2, 0.25) is 6.79 Å². The van der Waals surface area contributed by atoms with E-state index in [4.69, 9.17) is 9.47 Å². The molecule has 0 fully saturated rings. The Morgan fingerprint density at radius 1 is 1.39 bits per heavy atom. The molecule has 1 heterocycles. The monoisotopic (exact) mass is 313 g/mol. The number of fused-ring (bicyclic) bond motifs is 1. The number of ether oxygens (including phenoxy) is 2. The number of nitrogens with zero attached hydrogens (tertiary/aromatic N) is 1. The van der Waals surface area contributed by atoms with E-state index in [0.717, 1.165) is 5.33 Å². The summed E-state index contributed by atoms with van der Waals surface area (Å²) in [7, 11) is 0. The van der Waals surface area contributed by atoms with Gasteiger partial charge in [-0.2, -0.15) is 0 Å². The summed E-state index contributed by atoms with van der Waals surface area (Å²) in [5.41, 5.74) is 0.633. The Balaban J connectivity index is 2.22. The first-order valence-corrected chi connectivity index (χ1v) is 7.02. The van der Waals surface area contributed by atoms with E-state index in [1.807, 2.05) is 18.7 Å². The summed E-state index contributed by atoms with van der Waals surface area (Å²) in [5, 5.41) is 0.765. The number of hydrogen-bond acceptors (Lipinski definition) is 3. The summed E-state index contributed by atoms with van der Waals surface area (Å²) in [5.74, 6) is 1.36. The van der Waals surface area contributed by atoms with E-state index in [0.29, 0.717) is 23.6 Å². The van der Waals surface area contributed by atoms with Gasteiger partial charge in [0, 0.05) is 23.5 Å². The standard InChI is InChI=1S/C13H16BrNO3/c1-9(2)15(6-5-14)13(16)10-3-4-11-12(7-10)18-8-17-11/h3-4,7,9H,5-6,8H2,1-2H3. The molecule has 1 amide bonds. The molecule has 2 rings (SSSR count). The lowest BCUT2D eigenvalue weighted by Crippen LogP contribution is -2.38. The second kappa shape index (κ2) is 5.61. The number of alkyl halides is 1. The number of carbonyl (C=O) groups is 1. The molecule has 0 N–H and O–H groups in total. The van der Waals surface area contributed by atoms with E-state index in [1.165, 1.54) is 0 Å². The molecule has 0 radical (unpaired) electrons. The lowest BCUT2D eigenvalue weighted by atomic mass is 10.1. The fraction of sp³-hybridized carbons (Fsp3) is 0.462. The van der Waals surface area contributed by atoms with Crippen LogP contribution >= 0.6 is 15.9 Å². The van der Waals surface area contributed by atoms with Gasteiger partial charge in [0.15, 0.2) is 11.5 Å². The molecule has 1 aliphatic heterocycles. The van der Waals surface area contributed by atoms with Crippen molar-refractivity contribution < 1.29 is 14.3 Å². The summed E-state index contributed by atoms with van der Waals surface area (Å²) >= 11 is 3.37. The summed E-state index contributed by atoms with van der Waals surface area (Å²) in [6.07, 6.45) is 0. The molecular formula is C13H16BrNO3. The van der Waals surface area contributed by atoms with Gasteiger partial charge in [0.1, 0.15) is 0 Å². The highest BCUT2D eigenvalue weighted by atomic mass is 79.9. The fourth-order valence-electron chi connectivity index (χ4n) is 1.88. The minimum Gasteiger partial charge on any atom is -0.454 e. The average molecular weight is 314 g/mol.